The number of nitrogens with one attached hydrogen (secondary N) is 1. The Morgan fingerprint density at radius 3 is 3.00 bits per heavy atom. The molecule has 3 rings (SSSR count). The molecule has 2 bridgehead atoms. The van der Waals surface area contributed by atoms with Gasteiger partial charge in [0.2, 0.25) is 0 Å². The standard InChI is InChI=1S/C12H16N2O/c1-2-10-3-7-12(6-1,14-10)15-11-4-8-13-9-5-11/h4-5,8-10,14H,1-3,6-7H2. The first-order chi connectivity index (χ1) is 7.36. The van der Waals surface area contributed by atoms with E-state index < -0.39 is 0 Å². The lowest BCUT2D eigenvalue weighted by Gasteiger charge is -2.35. The van der Waals surface area contributed by atoms with Crippen LogP contribution in [0.1, 0.15) is 32.1 Å². The van der Waals surface area contributed by atoms with E-state index in [9.17, 15) is 0 Å². The Balaban J connectivity index is 1.77. The monoisotopic (exact) mass is 204 g/mol. The Morgan fingerprint density at radius 1 is 1.27 bits per heavy atom. The summed E-state index contributed by atoms with van der Waals surface area (Å²) < 4.78 is 6.08. The van der Waals surface area contributed by atoms with Crippen LogP contribution in [0.15, 0.2) is 24.5 Å². The molecule has 0 amide bonds. The minimum Gasteiger partial charge on any atom is -0.473 e. The number of rotatable bonds is 2. The summed E-state index contributed by atoms with van der Waals surface area (Å²) in [5.74, 6) is 0.931. The Labute approximate surface area is 89.9 Å². The van der Waals surface area contributed by atoms with Gasteiger partial charge in [-0.1, -0.05) is 0 Å². The van der Waals surface area contributed by atoms with E-state index in [4.69, 9.17) is 4.74 Å². The number of hydrogen-bond donors (Lipinski definition) is 1. The molecule has 0 radical (unpaired) electrons. The van der Waals surface area contributed by atoms with Crippen LogP contribution in [0.3, 0.4) is 0 Å². The van der Waals surface area contributed by atoms with Crippen LogP contribution in [-0.4, -0.2) is 16.8 Å². The van der Waals surface area contributed by atoms with E-state index in [1.165, 1.54) is 19.3 Å². The van der Waals surface area contributed by atoms with E-state index >= 15 is 0 Å². The van der Waals surface area contributed by atoms with Gasteiger partial charge in [0, 0.05) is 31.3 Å². The van der Waals surface area contributed by atoms with Gasteiger partial charge in [0.05, 0.1) is 0 Å². The van der Waals surface area contributed by atoms with Crippen molar-refractivity contribution in [3.8, 4) is 5.75 Å². The predicted molar refractivity (Wildman–Crippen MR) is 57.6 cm³/mol. The van der Waals surface area contributed by atoms with Crippen molar-refractivity contribution in [2.75, 3.05) is 0 Å². The van der Waals surface area contributed by atoms with Crippen molar-refractivity contribution in [3.63, 3.8) is 0 Å². The van der Waals surface area contributed by atoms with Crippen LogP contribution in [0, 0.1) is 0 Å². The van der Waals surface area contributed by atoms with Crippen LogP contribution < -0.4 is 10.1 Å². The summed E-state index contributed by atoms with van der Waals surface area (Å²) in [6, 6.07) is 4.54. The largest absolute Gasteiger partial charge is 0.473 e. The highest BCUT2D eigenvalue weighted by molar-refractivity contribution is 5.19. The fourth-order valence-corrected chi connectivity index (χ4v) is 2.73. The second-order valence-electron chi connectivity index (χ2n) is 4.55. The predicted octanol–water partition coefficient (Wildman–Crippen LogP) is 2.09. The molecule has 2 atom stereocenters. The molecule has 2 saturated heterocycles. The summed E-state index contributed by atoms with van der Waals surface area (Å²) in [6.07, 6.45) is 9.67. The number of ether oxygens (including phenoxy) is 1. The van der Waals surface area contributed by atoms with Gasteiger partial charge < -0.3 is 4.74 Å². The Morgan fingerprint density at radius 2 is 2.13 bits per heavy atom. The minimum absolute atomic E-state index is 0.0791. The molecule has 2 aliphatic rings. The van der Waals surface area contributed by atoms with Gasteiger partial charge in [0.25, 0.3) is 0 Å². The zero-order valence-electron chi connectivity index (χ0n) is 8.78. The fraction of sp³-hybridized carbons (Fsp3) is 0.583. The molecule has 2 fully saturated rings. The van der Waals surface area contributed by atoms with Crippen molar-refractivity contribution in [1.82, 2.24) is 10.3 Å². The summed E-state index contributed by atoms with van der Waals surface area (Å²) in [5.41, 5.74) is -0.0791. The van der Waals surface area contributed by atoms with Gasteiger partial charge in [-0.3, -0.25) is 10.3 Å². The number of pyridine rings is 1. The summed E-state index contributed by atoms with van der Waals surface area (Å²) in [6.45, 7) is 0. The molecule has 3 heteroatoms. The molecule has 1 aromatic rings. The topological polar surface area (TPSA) is 34.1 Å². The summed E-state index contributed by atoms with van der Waals surface area (Å²) in [7, 11) is 0. The first-order valence-corrected chi connectivity index (χ1v) is 5.73. The molecule has 3 heterocycles. The first kappa shape index (κ1) is 9.16. The molecule has 0 saturated carbocycles. The maximum Gasteiger partial charge on any atom is 0.161 e. The molecule has 3 nitrogen and oxygen atoms in total. The van der Waals surface area contributed by atoms with Gasteiger partial charge in [-0.15, -0.1) is 0 Å². The Bertz CT molecular complexity index is 337. The first-order valence-electron chi connectivity index (χ1n) is 5.73. The maximum absolute atomic E-state index is 6.08. The highest BCUT2D eigenvalue weighted by Gasteiger charge is 2.43. The fourth-order valence-electron chi connectivity index (χ4n) is 2.73. The van der Waals surface area contributed by atoms with Crippen LogP contribution >= 0.6 is 0 Å². The molecule has 0 aliphatic carbocycles. The van der Waals surface area contributed by atoms with Gasteiger partial charge in [-0.25, -0.2) is 0 Å². The molecule has 2 unspecified atom stereocenters. The smallest absolute Gasteiger partial charge is 0.161 e. The quantitative estimate of drug-likeness (QED) is 0.801. The number of piperidine rings is 1. The van der Waals surface area contributed by atoms with E-state index in [1.54, 1.807) is 12.4 Å². The van der Waals surface area contributed by atoms with Crippen LogP contribution in [-0.2, 0) is 0 Å². The third kappa shape index (κ3) is 1.72. The molecule has 0 spiro atoms. The molecule has 15 heavy (non-hydrogen) atoms. The molecular weight excluding hydrogens is 188 g/mol. The summed E-state index contributed by atoms with van der Waals surface area (Å²) in [4.78, 5) is 4.00. The van der Waals surface area contributed by atoms with E-state index in [0.717, 1.165) is 18.6 Å². The van der Waals surface area contributed by atoms with Gasteiger partial charge >= 0.3 is 0 Å². The number of fused-ring (bicyclic) bond motifs is 2. The molecule has 1 aromatic heterocycles. The molecule has 1 N–H and O–H groups in total. The second-order valence-corrected chi connectivity index (χ2v) is 4.55. The number of nitrogens with zero attached hydrogens (tertiary/aromatic N) is 1. The van der Waals surface area contributed by atoms with Crippen LogP contribution in [0.25, 0.3) is 0 Å². The second kappa shape index (κ2) is 3.49. The van der Waals surface area contributed by atoms with Gasteiger partial charge in [0.1, 0.15) is 5.75 Å². The van der Waals surface area contributed by atoms with Gasteiger partial charge in [0.15, 0.2) is 5.72 Å². The van der Waals surface area contributed by atoms with Crippen LogP contribution in [0.5, 0.6) is 5.75 Å². The number of hydrogen-bond acceptors (Lipinski definition) is 3. The Hall–Kier alpha value is -1.09. The lowest BCUT2D eigenvalue weighted by atomic mass is 10.0. The molecule has 2 aliphatic heterocycles. The van der Waals surface area contributed by atoms with Crippen molar-refractivity contribution in [3.05, 3.63) is 24.5 Å². The highest BCUT2D eigenvalue weighted by atomic mass is 16.5. The lowest BCUT2D eigenvalue weighted by Crippen LogP contribution is -2.50. The van der Waals surface area contributed by atoms with Crippen molar-refractivity contribution in [2.24, 2.45) is 0 Å². The van der Waals surface area contributed by atoms with E-state index in [-0.39, 0.29) is 5.72 Å². The van der Waals surface area contributed by atoms with Crippen molar-refractivity contribution < 1.29 is 4.74 Å². The third-order valence-electron chi connectivity index (χ3n) is 3.46. The normalized spacial score (nSPS) is 34.0. The Kier molecular flexibility index (Phi) is 2.13. The average molecular weight is 204 g/mol. The van der Waals surface area contributed by atoms with Crippen LogP contribution in [0.4, 0.5) is 0 Å². The van der Waals surface area contributed by atoms with Crippen molar-refractivity contribution in [1.29, 1.82) is 0 Å². The summed E-state index contributed by atoms with van der Waals surface area (Å²) >= 11 is 0. The van der Waals surface area contributed by atoms with Crippen molar-refractivity contribution >= 4 is 0 Å². The molecule has 80 valence electrons. The molecular formula is C12H16N2O. The lowest BCUT2D eigenvalue weighted by molar-refractivity contribution is 0.0236. The maximum atomic E-state index is 6.08. The zero-order chi connectivity index (χ0) is 10.1. The summed E-state index contributed by atoms with van der Waals surface area (Å²) in [5, 5.41) is 3.61. The van der Waals surface area contributed by atoms with E-state index in [1.807, 2.05) is 12.1 Å². The van der Waals surface area contributed by atoms with Crippen LogP contribution in [0.2, 0.25) is 0 Å². The van der Waals surface area contributed by atoms with E-state index in [0.29, 0.717) is 6.04 Å². The highest BCUT2D eigenvalue weighted by Crippen LogP contribution is 2.36. The zero-order valence-corrected chi connectivity index (χ0v) is 8.78. The SMILES string of the molecule is c1cc(OC23CCCC(CC2)N3)ccn1. The average Bonchev–Trinajstić information content (AvgIpc) is 2.55. The minimum atomic E-state index is -0.0791. The van der Waals surface area contributed by atoms with Crippen molar-refractivity contribution in [2.45, 2.75) is 43.9 Å². The molecule has 0 aromatic carbocycles. The third-order valence-corrected chi connectivity index (χ3v) is 3.46. The van der Waals surface area contributed by atoms with Gasteiger partial charge in [-0.2, -0.15) is 0 Å². The number of aromatic nitrogens is 1. The van der Waals surface area contributed by atoms with Gasteiger partial charge in [-0.05, 0) is 31.4 Å². The van der Waals surface area contributed by atoms with E-state index in [2.05, 4.69) is 10.3 Å².